The molecule has 0 aliphatic carbocycles. The van der Waals surface area contributed by atoms with Crippen molar-refractivity contribution in [2.24, 2.45) is 0 Å². The van der Waals surface area contributed by atoms with Crippen molar-refractivity contribution in [1.29, 1.82) is 0 Å². The van der Waals surface area contributed by atoms with Crippen molar-refractivity contribution in [3.05, 3.63) is 57.7 Å². The molecule has 0 N–H and O–H groups in total. The van der Waals surface area contributed by atoms with E-state index < -0.39 is 0 Å². The fraction of sp³-hybridized carbons (Fsp3) is 0.353. The van der Waals surface area contributed by atoms with Crippen LogP contribution in [0.1, 0.15) is 11.1 Å². The summed E-state index contributed by atoms with van der Waals surface area (Å²) in [5, 5.41) is 1.20. The molecule has 5 heteroatoms. The van der Waals surface area contributed by atoms with Gasteiger partial charge in [0.2, 0.25) is 0 Å². The summed E-state index contributed by atoms with van der Waals surface area (Å²) in [5.41, 5.74) is 2.76. The molecule has 1 aliphatic rings. The SMILES string of the molecule is Cc1ccccc1CN1CCN(c2ncc(Cl)cc2Cl)CC1. The first-order chi connectivity index (χ1) is 10.6. The van der Waals surface area contributed by atoms with Gasteiger partial charge >= 0.3 is 0 Å². The van der Waals surface area contributed by atoms with Crippen LogP contribution in [0, 0.1) is 6.92 Å². The van der Waals surface area contributed by atoms with E-state index in [0.29, 0.717) is 10.0 Å². The molecule has 0 bridgehead atoms. The highest BCUT2D eigenvalue weighted by molar-refractivity contribution is 6.36. The van der Waals surface area contributed by atoms with Gasteiger partial charge in [0.15, 0.2) is 0 Å². The van der Waals surface area contributed by atoms with Crippen LogP contribution in [0.25, 0.3) is 0 Å². The fourth-order valence-corrected chi connectivity index (χ4v) is 3.29. The van der Waals surface area contributed by atoms with E-state index >= 15 is 0 Å². The summed E-state index contributed by atoms with van der Waals surface area (Å²) in [6, 6.07) is 10.3. The van der Waals surface area contributed by atoms with Gasteiger partial charge in [0.1, 0.15) is 5.82 Å². The standard InChI is InChI=1S/C17H19Cl2N3/c1-13-4-2-3-5-14(13)12-21-6-8-22(9-7-21)17-16(19)10-15(18)11-20-17/h2-5,10-11H,6-9,12H2,1H3. The van der Waals surface area contributed by atoms with Gasteiger partial charge in [-0.05, 0) is 24.1 Å². The fourth-order valence-electron chi connectivity index (χ4n) is 2.79. The van der Waals surface area contributed by atoms with Gasteiger partial charge in [-0.3, -0.25) is 4.90 Å². The van der Waals surface area contributed by atoms with E-state index in [-0.39, 0.29) is 0 Å². The van der Waals surface area contributed by atoms with Gasteiger partial charge < -0.3 is 4.90 Å². The zero-order valence-electron chi connectivity index (χ0n) is 12.6. The van der Waals surface area contributed by atoms with Crippen LogP contribution < -0.4 is 4.90 Å². The van der Waals surface area contributed by atoms with Crippen LogP contribution in [0.15, 0.2) is 36.5 Å². The smallest absolute Gasteiger partial charge is 0.147 e. The van der Waals surface area contributed by atoms with Crippen LogP contribution in [0.3, 0.4) is 0 Å². The molecule has 1 saturated heterocycles. The Kier molecular flexibility index (Phi) is 4.87. The highest BCUT2D eigenvalue weighted by Crippen LogP contribution is 2.27. The van der Waals surface area contributed by atoms with Crippen molar-refractivity contribution in [2.75, 3.05) is 31.1 Å². The quantitative estimate of drug-likeness (QED) is 0.844. The van der Waals surface area contributed by atoms with Crippen molar-refractivity contribution in [1.82, 2.24) is 9.88 Å². The van der Waals surface area contributed by atoms with Gasteiger partial charge in [-0.25, -0.2) is 4.98 Å². The summed E-state index contributed by atoms with van der Waals surface area (Å²) in [4.78, 5) is 9.07. The van der Waals surface area contributed by atoms with E-state index in [4.69, 9.17) is 23.2 Å². The molecule has 22 heavy (non-hydrogen) atoms. The maximum Gasteiger partial charge on any atom is 0.147 e. The van der Waals surface area contributed by atoms with Crippen molar-refractivity contribution < 1.29 is 0 Å². The molecule has 1 aromatic heterocycles. The molecule has 3 nitrogen and oxygen atoms in total. The predicted molar refractivity (Wildman–Crippen MR) is 92.9 cm³/mol. The molecule has 2 heterocycles. The highest BCUT2D eigenvalue weighted by atomic mass is 35.5. The average Bonchev–Trinajstić information content (AvgIpc) is 2.51. The van der Waals surface area contributed by atoms with E-state index in [1.54, 1.807) is 12.3 Å². The molecule has 2 aromatic rings. The molecule has 0 amide bonds. The van der Waals surface area contributed by atoms with Crippen LogP contribution in [-0.2, 0) is 6.54 Å². The Hall–Kier alpha value is -1.29. The maximum atomic E-state index is 6.25. The largest absolute Gasteiger partial charge is 0.353 e. The Morgan fingerprint density at radius 1 is 1.09 bits per heavy atom. The van der Waals surface area contributed by atoms with Crippen LogP contribution in [0.2, 0.25) is 10.0 Å². The van der Waals surface area contributed by atoms with Crippen molar-refractivity contribution in [3.63, 3.8) is 0 Å². The lowest BCUT2D eigenvalue weighted by atomic mass is 10.1. The molecular formula is C17H19Cl2N3. The van der Waals surface area contributed by atoms with Crippen LogP contribution >= 0.6 is 23.2 Å². The second kappa shape index (κ2) is 6.86. The van der Waals surface area contributed by atoms with Gasteiger partial charge in [-0.2, -0.15) is 0 Å². The molecule has 0 atom stereocenters. The first-order valence-electron chi connectivity index (χ1n) is 7.46. The molecule has 1 aromatic carbocycles. The number of halogens is 2. The lowest BCUT2D eigenvalue weighted by molar-refractivity contribution is 0.249. The first-order valence-corrected chi connectivity index (χ1v) is 8.22. The van der Waals surface area contributed by atoms with Gasteiger partial charge in [0.05, 0.1) is 10.0 Å². The third-order valence-electron chi connectivity index (χ3n) is 4.12. The third-order valence-corrected chi connectivity index (χ3v) is 4.60. The van der Waals surface area contributed by atoms with E-state index in [1.165, 1.54) is 11.1 Å². The van der Waals surface area contributed by atoms with Gasteiger partial charge in [-0.15, -0.1) is 0 Å². The zero-order valence-corrected chi connectivity index (χ0v) is 14.1. The molecule has 0 saturated carbocycles. The monoisotopic (exact) mass is 335 g/mol. The molecule has 0 radical (unpaired) electrons. The minimum Gasteiger partial charge on any atom is -0.353 e. The second-order valence-electron chi connectivity index (χ2n) is 5.65. The number of pyridine rings is 1. The summed E-state index contributed by atoms with van der Waals surface area (Å²) >= 11 is 12.2. The van der Waals surface area contributed by atoms with E-state index in [0.717, 1.165) is 38.5 Å². The van der Waals surface area contributed by atoms with Crippen LogP contribution in [-0.4, -0.2) is 36.1 Å². The van der Waals surface area contributed by atoms with E-state index in [9.17, 15) is 0 Å². The Morgan fingerprint density at radius 3 is 2.50 bits per heavy atom. The van der Waals surface area contributed by atoms with Gasteiger partial charge in [0.25, 0.3) is 0 Å². The Bertz CT molecular complexity index is 652. The van der Waals surface area contributed by atoms with E-state index in [1.807, 2.05) is 0 Å². The topological polar surface area (TPSA) is 19.4 Å². The first kappa shape index (κ1) is 15.6. The molecule has 1 aliphatic heterocycles. The van der Waals surface area contributed by atoms with Crippen molar-refractivity contribution in [2.45, 2.75) is 13.5 Å². The normalized spacial score (nSPS) is 16.0. The summed E-state index contributed by atoms with van der Waals surface area (Å²) < 4.78 is 0. The number of benzene rings is 1. The van der Waals surface area contributed by atoms with Crippen LogP contribution in [0.5, 0.6) is 0 Å². The van der Waals surface area contributed by atoms with E-state index in [2.05, 4.69) is 46.0 Å². The van der Waals surface area contributed by atoms with Crippen molar-refractivity contribution in [3.8, 4) is 0 Å². The Labute approximate surface area is 141 Å². The highest BCUT2D eigenvalue weighted by Gasteiger charge is 2.20. The molecule has 116 valence electrons. The van der Waals surface area contributed by atoms with Crippen LogP contribution in [0.4, 0.5) is 5.82 Å². The predicted octanol–water partition coefficient (Wildman–Crippen LogP) is 4.02. The molecule has 0 spiro atoms. The third kappa shape index (κ3) is 3.54. The van der Waals surface area contributed by atoms with Gasteiger partial charge in [-0.1, -0.05) is 47.5 Å². The second-order valence-corrected chi connectivity index (χ2v) is 6.49. The summed E-state index contributed by atoms with van der Waals surface area (Å²) in [6.45, 7) is 7.05. The number of hydrogen-bond acceptors (Lipinski definition) is 3. The lowest BCUT2D eigenvalue weighted by Gasteiger charge is -2.36. The zero-order chi connectivity index (χ0) is 15.5. The minimum atomic E-state index is 0.576. The molecule has 3 rings (SSSR count). The Morgan fingerprint density at radius 2 is 1.82 bits per heavy atom. The molecule has 0 unspecified atom stereocenters. The number of nitrogens with zero attached hydrogens (tertiary/aromatic N) is 3. The number of anilines is 1. The molecular weight excluding hydrogens is 317 g/mol. The number of aryl methyl sites for hydroxylation is 1. The number of hydrogen-bond donors (Lipinski definition) is 0. The lowest BCUT2D eigenvalue weighted by Crippen LogP contribution is -2.46. The maximum absolute atomic E-state index is 6.25. The number of rotatable bonds is 3. The van der Waals surface area contributed by atoms with Gasteiger partial charge in [0, 0.05) is 38.9 Å². The number of aromatic nitrogens is 1. The minimum absolute atomic E-state index is 0.576. The van der Waals surface area contributed by atoms with Crippen molar-refractivity contribution >= 4 is 29.0 Å². The number of piperazine rings is 1. The average molecular weight is 336 g/mol. The summed E-state index contributed by atoms with van der Waals surface area (Å²) in [6.07, 6.45) is 1.66. The summed E-state index contributed by atoms with van der Waals surface area (Å²) in [7, 11) is 0. The summed E-state index contributed by atoms with van der Waals surface area (Å²) in [5.74, 6) is 0.835. The Balaban J connectivity index is 1.62. The molecule has 1 fully saturated rings.